The van der Waals surface area contributed by atoms with Crippen molar-refractivity contribution in [3.8, 4) is 0 Å². The molecule has 3 atom stereocenters. The zero-order valence-corrected chi connectivity index (χ0v) is 17.3. The first kappa shape index (κ1) is 19.5. The van der Waals surface area contributed by atoms with Gasteiger partial charge in [-0.15, -0.1) is 0 Å². The summed E-state index contributed by atoms with van der Waals surface area (Å²) >= 11 is 0. The Kier molecular flexibility index (Phi) is 5.51. The summed E-state index contributed by atoms with van der Waals surface area (Å²) in [5.41, 5.74) is 2.34. The highest BCUT2D eigenvalue weighted by Crippen LogP contribution is 2.46. The molecule has 0 saturated carbocycles. The molecule has 2 aliphatic heterocycles. The highest BCUT2D eigenvalue weighted by Gasteiger charge is 2.51. The van der Waals surface area contributed by atoms with E-state index in [1.54, 1.807) is 24.6 Å². The van der Waals surface area contributed by atoms with Crippen LogP contribution in [0.4, 0.5) is 0 Å². The molecule has 0 unspecified atom stereocenters. The Morgan fingerprint density at radius 3 is 2.54 bits per heavy atom. The van der Waals surface area contributed by atoms with Gasteiger partial charge >= 0.3 is 0 Å². The summed E-state index contributed by atoms with van der Waals surface area (Å²) in [6, 6.07) is 14.1. The molecule has 1 aromatic carbocycles. The van der Waals surface area contributed by atoms with E-state index in [1.807, 2.05) is 30.5 Å². The summed E-state index contributed by atoms with van der Waals surface area (Å²) in [6.45, 7) is 3.46. The van der Waals surface area contributed by atoms with Crippen LogP contribution in [0.25, 0.3) is 0 Å². The molecule has 0 amide bonds. The van der Waals surface area contributed by atoms with Crippen LogP contribution in [0.1, 0.15) is 17.2 Å². The van der Waals surface area contributed by atoms with Crippen molar-refractivity contribution in [2.45, 2.75) is 12.5 Å². The number of pyridine rings is 1. The minimum absolute atomic E-state index is 0.0954. The molecular weight excluding hydrogens is 372 g/mol. The summed E-state index contributed by atoms with van der Waals surface area (Å²) < 4.78 is 29.0. The van der Waals surface area contributed by atoms with E-state index in [-0.39, 0.29) is 6.04 Å². The summed E-state index contributed by atoms with van der Waals surface area (Å²) in [7, 11) is -0.215. The lowest BCUT2D eigenvalue weighted by molar-refractivity contribution is 0.261. The number of benzene rings is 1. The number of likely N-dealkylation sites (tertiary alicyclic amines) is 1. The maximum Gasteiger partial charge on any atom is 0.282 e. The highest BCUT2D eigenvalue weighted by atomic mass is 32.2. The second kappa shape index (κ2) is 7.91. The van der Waals surface area contributed by atoms with Crippen LogP contribution in [0.2, 0.25) is 0 Å². The molecule has 3 heterocycles. The number of nitrogens with zero attached hydrogens (tertiary/aromatic N) is 4. The van der Waals surface area contributed by atoms with E-state index in [0.717, 1.165) is 31.6 Å². The van der Waals surface area contributed by atoms with Crippen molar-refractivity contribution in [2.24, 2.45) is 11.8 Å². The Balaban J connectivity index is 1.53. The number of aromatic nitrogens is 1. The van der Waals surface area contributed by atoms with Gasteiger partial charge < -0.3 is 4.90 Å². The topological polar surface area (TPSA) is 56.8 Å². The first-order valence-electron chi connectivity index (χ1n) is 9.82. The molecule has 1 aromatic heterocycles. The number of hydrogen-bond donors (Lipinski definition) is 0. The highest BCUT2D eigenvalue weighted by molar-refractivity contribution is 7.86. The Bertz CT molecular complexity index is 889. The van der Waals surface area contributed by atoms with Crippen LogP contribution in [-0.2, 0) is 16.6 Å². The van der Waals surface area contributed by atoms with Gasteiger partial charge in [0.25, 0.3) is 10.2 Å². The molecule has 7 heteroatoms. The minimum Gasteiger partial charge on any atom is -0.302 e. The molecule has 0 N–H and O–H groups in total. The predicted molar refractivity (Wildman–Crippen MR) is 110 cm³/mol. The summed E-state index contributed by atoms with van der Waals surface area (Å²) in [5.74, 6) is 0.694. The van der Waals surface area contributed by atoms with Crippen LogP contribution in [0.5, 0.6) is 0 Å². The lowest BCUT2D eigenvalue weighted by Crippen LogP contribution is -2.42. The van der Waals surface area contributed by atoms with Gasteiger partial charge in [-0.25, -0.2) is 0 Å². The molecule has 2 aromatic rings. The molecule has 150 valence electrons. The van der Waals surface area contributed by atoms with Gasteiger partial charge in [0.05, 0.1) is 6.04 Å². The van der Waals surface area contributed by atoms with Gasteiger partial charge in [-0.2, -0.15) is 17.0 Å². The van der Waals surface area contributed by atoms with Gasteiger partial charge in [0, 0.05) is 52.7 Å². The standard InChI is InChI=1S/C21H28N4O2S/c1-23(2)28(26,27)25-15-19-14-24(12-10-17-7-6-11-22-13-17)16-20(19)21(25)18-8-4-3-5-9-18/h3-9,11,13,19-21H,10,12,14-16H2,1-2H3/t19-,20-,21+/m0/s1. The van der Waals surface area contributed by atoms with E-state index in [0.29, 0.717) is 18.4 Å². The van der Waals surface area contributed by atoms with Crippen molar-refractivity contribution < 1.29 is 8.42 Å². The Labute approximate surface area is 168 Å². The van der Waals surface area contributed by atoms with Crippen molar-refractivity contribution in [1.29, 1.82) is 0 Å². The molecule has 6 nitrogen and oxygen atoms in total. The lowest BCUT2D eigenvalue weighted by atomic mass is 9.90. The van der Waals surface area contributed by atoms with Gasteiger partial charge in [-0.1, -0.05) is 36.4 Å². The summed E-state index contributed by atoms with van der Waals surface area (Å²) in [5, 5.41) is 0. The molecule has 2 fully saturated rings. The smallest absolute Gasteiger partial charge is 0.282 e. The van der Waals surface area contributed by atoms with E-state index in [4.69, 9.17) is 0 Å². The van der Waals surface area contributed by atoms with E-state index < -0.39 is 10.2 Å². The Morgan fingerprint density at radius 2 is 1.86 bits per heavy atom. The average molecular weight is 401 g/mol. The average Bonchev–Trinajstić information content (AvgIpc) is 3.25. The monoisotopic (exact) mass is 400 g/mol. The van der Waals surface area contributed by atoms with Gasteiger partial charge in [0.2, 0.25) is 0 Å². The first-order valence-corrected chi connectivity index (χ1v) is 11.2. The van der Waals surface area contributed by atoms with Crippen molar-refractivity contribution in [3.05, 3.63) is 66.0 Å². The normalized spacial score (nSPS) is 26.0. The molecular formula is C21H28N4O2S. The molecule has 4 rings (SSSR count). The van der Waals surface area contributed by atoms with Crippen molar-refractivity contribution in [3.63, 3.8) is 0 Å². The van der Waals surface area contributed by atoms with Gasteiger partial charge in [-0.05, 0) is 35.4 Å². The third kappa shape index (κ3) is 3.72. The van der Waals surface area contributed by atoms with Crippen molar-refractivity contribution in [1.82, 2.24) is 18.5 Å². The quantitative estimate of drug-likeness (QED) is 0.745. The maximum atomic E-state index is 13.0. The fourth-order valence-corrected chi connectivity index (χ4v) is 5.99. The SMILES string of the molecule is CN(C)S(=O)(=O)N1C[C@@H]2CN(CCc3cccnc3)C[C@@H]2[C@H]1c1ccccc1. The minimum atomic E-state index is -3.45. The predicted octanol–water partition coefficient (Wildman–Crippen LogP) is 2.04. The largest absolute Gasteiger partial charge is 0.302 e. The van der Waals surface area contributed by atoms with Crippen LogP contribution in [0.3, 0.4) is 0 Å². The second-order valence-corrected chi connectivity index (χ2v) is 10.1. The van der Waals surface area contributed by atoms with Crippen molar-refractivity contribution in [2.75, 3.05) is 40.3 Å². The third-order valence-electron chi connectivity index (χ3n) is 6.04. The second-order valence-electron chi connectivity index (χ2n) is 8.01. The maximum absolute atomic E-state index is 13.0. The van der Waals surface area contributed by atoms with E-state index in [1.165, 1.54) is 9.87 Å². The van der Waals surface area contributed by atoms with Crippen LogP contribution in [0, 0.1) is 11.8 Å². The Hall–Kier alpha value is -1.80. The molecule has 0 bridgehead atoms. The zero-order valence-electron chi connectivity index (χ0n) is 16.5. The van der Waals surface area contributed by atoms with Gasteiger partial charge in [0.15, 0.2) is 0 Å². The summed E-state index contributed by atoms with van der Waals surface area (Å²) in [6.07, 6.45) is 4.70. The molecule has 0 spiro atoms. The number of rotatable bonds is 6. The fraction of sp³-hybridized carbons (Fsp3) is 0.476. The van der Waals surface area contributed by atoms with Gasteiger partial charge in [0.1, 0.15) is 0 Å². The molecule has 28 heavy (non-hydrogen) atoms. The van der Waals surface area contributed by atoms with Crippen LogP contribution < -0.4 is 0 Å². The fourth-order valence-electron chi connectivity index (χ4n) is 4.62. The van der Waals surface area contributed by atoms with E-state index >= 15 is 0 Å². The van der Waals surface area contributed by atoms with Crippen LogP contribution in [-0.4, -0.2) is 67.2 Å². The molecule has 0 aliphatic carbocycles. The molecule has 0 radical (unpaired) electrons. The lowest BCUT2D eigenvalue weighted by Gasteiger charge is -2.31. The summed E-state index contributed by atoms with van der Waals surface area (Å²) in [4.78, 5) is 6.68. The molecule has 2 aliphatic rings. The third-order valence-corrected chi connectivity index (χ3v) is 7.93. The number of fused-ring (bicyclic) bond motifs is 1. The Morgan fingerprint density at radius 1 is 1.07 bits per heavy atom. The van der Waals surface area contributed by atoms with Crippen molar-refractivity contribution >= 4 is 10.2 Å². The van der Waals surface area contributed by atoms with E-state index in [2.05, 4.69) is 28.1 Å². The van der Waals surface area contributed by atoms with E-state index in [9.17, 15) is 8.42 Å². The van der Waals surface area contributed by atoms with Gasteiger partial charge in [-0.3, -0.25) is 4.98 Å². The van der Waals surface area contributed by atoms with Crippen LogP contribution in [0.15, 0.2) is 54.9 Å². The van der Waals surface area contributed by atoms with Crippen LogP contribution >= 0.6 is 0 Å². The number of hydrogen-bond acceptors (Lipinski definition) is 4. The molecule has 2 saturated heterocycles. The first-order chi connectivity index (χ1) is 13.5. The zero-order chi connectivity index (χ0) is 19.7.